The zero-order valence-corrected chi connectivity index (χ0v) is 12.6. The first-order chi connectivity index (χ1) is 9.54. The summed E-state index contributed by atoms with van der Waals surface area (Å²) in [5.41, 5.74) is 7.12. The van der Waals surface area contributed by atoms with Crippen LogP contribution >= 0.6 is 11.8 Å². The molecule has 1 aromatic carbocycles. The number of thioether (sulfide) groups is 1. The molecule has 0 aliphatic rings. The van der Waals surface area contributed by atoms with Crippen molar-refractivity contribution in [2.24, 2.45) is 5.73 Å². The second-order valence-corrected chi connectivity index (χ2v) is 6.21. The topological polar surface area (TPSA) is 43.8 Å². The fraction of sp³-hybridized carbons (Fsp3) is 0.400. The van der Waals surface area contributed by atoms with Crippen LogP contribution in [-0.2, 0) is 6.42 Å². The standard InChI is InChI=1S/C15H20FN3S/c1-11(2)19-7-6-14(18-19)9-13(17)10-20-15-5-3-4-12(16)8-15/h3-8,11,13H,9-10,17H2,1-2H3. The van der Waals surface area contributed by atoms with Gasteiger partial charge in [-0.05, 0) is 38.1 Å². The van der Waals surface area contributed by atoms with Crippen molar-refractivity contribution < 1.29 is 4.39 Å². The second kappa shape index (κ2) is 6.90. The summed E-state index contributed by atoms with van der Waals surface area (Å²) in [5, 5.41) is 4.49. The normalized spacial score (nSPS) is 12.8. The van der Waals surface area contributed by atoms with E-state index in [4.69, 9.17) is 5.73 Å². The predicted octanol–water partition coefficient (Wildman–Crippen LogP) is 3.27. The molecule has 3 nitrogen and oxygen atoms in total. The number of nitrogens with two attached hydrogens (primary N) is 1. The Balaban J connectivity index is 1.84. The summed E-state index contributed by atoms with van der Waals surface area (Å²) in [6.07, 6.45) is 2.72. The van der Waals surface area contributed by atoms with E-state index in [1.165, 1.54) is 12.1 Å². The van der Waals surface area contributed by atoms with Gasteiger partial charge >= 0.3 is 0 Å². The Bertz CT molecular complexity index is 554. The van der Waals surface area contributed by atoms with Gasteiger partial charge in [-0.1, -0.05) is 6.07 Å². The van der Waals surface area contributed by atoms with Crippen LogP contribution in [0.3, 0.4) is 0 Å². The largest absolute Gasteiger partial charge is 0.327 e. The average Bonchev–Trinajstić information content (AvgIpc) is 2.85. The van der Waals surface area contributed by atoms with Gasteiger partial charge in [-0.2, -0.15) is 5.10 Å². The van der Waals surface area contributed by atoms with Crippen LogP contribution in [0.1, 0.15) is 25.6 Å². The highest BCUT2D eigenvalue weighted by Crippen LogP contribution is 2.20. The molecule has 1 heterocycles. The third-order valence-corrected chi connectivity index (χ3v) is 4.11. The maximum absolute atomic E-state index is 13.1. The Morgan fingerprint density at radius 1 is 1.35 bits per heavy atom. The maximum atomic E-state index is 13.1. The van der Waals surface area contributed by atoms with Crippen molar-refractivity contribution in [1.29, 1.82) is 0 Å². The molecule has 2 rings (SSSR count). The van der Waals surface area contributed by atoms with Crippen molar-refractivity contribution in [3.8, 4) is 0 Å². The maximum Gasteiger partial charge on any atom is 0.124 e. The molecule has 0 aliphatic carbocycles. The van der Waals surface area contributed by atoms with Gasteiger partial charge in [0.15, 0.2) is 0 Å². The number of benzene rings is 1. The second-order valence-electron chi connectivity index (χ2n) is 5.11. The highest BCUT2D eigenvalue weighted by Gasteiger charge is 2.09. The van der Waals surface area contributed by atoms with Gasteiger partial charge in [0.2, 0.25) is 0 Å². The molecule has 2 N–H and O–H groups in total. The van der Waals surface area contributed by atoms with Gasteiger partial charge in [0, 0.05) is 35.3 Å². The van der Waals surface area contributed by atoms with Crippen LogP contribution in [0.4, 0.5) is 4.39 Å². The van der Waals surface area contributed by atoms with Crippen LogP contribution in [0.25, 0.3) is 0 Å². The molecule has 0 saturated carbocycles. The first-order valence-corrected chi connectivity index (χ1v) is 7.71. The Kier molecular flexibility index (Phi) is 5.20. The summed E-state index contributed by atoms with van der Waals surface area (Å²) in [6, 6.07) is 8.97. The van der Waals surface area contributed by atoms with Crippen molar-refractivity contribution in [1.82, 2.24) is 9.78 Å². The molecule has 0 fully saturated rings. The SMILES string of the molecule is CC(C)n1ccc(CC(N)CSc2cccc(F)c2)n1. The molecule has 20 heavy (non-hydrogen) atoms. The molecule has 1 unspecified atom stereocenters. The molecule has 0 aliphatic heterocycles. The highest BCUT2D eigenvalue weighted by molar-refractivity contribution is 7.99. The molecule has 5 heteroatoms. The molecule has 1 aromatic heterocycles. The minimum absolute atomic E-state index is 0.0128. The average molecular weight is 293 g/mol. The van der Waals surface area contributed by atoms with Crippen LogP contribution < -0.4 is 5.73 Å². The Morgan fingerprint density at radius 2 is 2.15 bits per heavy atom. The van der Waals surface area contributed by atoms with E-state index in [0.29, 0.717) is 6.04 Å². The molecular formula is C15H20FN3S. The zero-order valence-electron chi connectivity index (χ0n) is 11.8. The van der Waals surface area contributed by atoms with Crippen LogP contribution in [0.2, 0.25) is 0 Å². The van der Waals surface area contributed by atoms with Gasteiger partial charge in [-0.3, -0.25) is 4.68 Å². The van der Waals surface area contributed by atoms with Gasteiger partial charge in [0.05, 0.1) is 5.69 Å². The van der Waals surface area contributed by atoms with Crippen molar-refractivity contribution in [2.45, 2.75) is 37.2 Å². The van der Waals surface area contributed by atoms with Gasteiger partial charge in [0.1, 0.15) is 5.82 Å². The number of hydrogen-bond acceptors (Lipinski definition) is 3. The highest BCUT2D eigenvalue weighted by atomic mass is 32.2. The Morgan fingerprint density at radius 3 is 2.80 bits per heavy atom. The van der Waals surface area contributed by atoms with Gasteiger partial charge in [-0.25, -0.2) is 4.39 Å². The minimum Gasteiger partial charge on any atom is -0.327 e. The van der Waals surface area contributed by atoms with E-state index in [0.717, 1.165) is 22.8 Å². The van der Waals surface area contributed by atoms with Crippen LogP contribution in [-0.4, -0.2) is 21.6 Å². The fourth-order valence-corrected chi connectivity index (χ4v) is 2.76. The first-order valence-electron chi connectivity index (χ1n) is 6.72. The number of hydrogen-bond donors (Lipinski definition) is 1. The third kappa shape index (κ3) is 4.35. The molecule has 0 saturated heterocycles. The minimum atomic E-state index is -0.209. The number of halogens is 1. The van der Waals surface area contributed by atoms with E-state index in [-0.39, 0.29) is 11.9 Å². The molecule has 0 radical (unpaired) electrons. The van der Waals surface area contributed by atoms with Gasteiger partial charge in [-0.15, -0.1) is 11.8 Å². The summed E-state index contributed by atoms with van der Waals surface area (Å²) < 4.78 is 15.0. The molecule has 1 atom stereocenters. The summed E-state index contributed by atoms with van der Waals surface area (Å²) in [5.74, 6) is 0.539. The van der Waals surface area contributed by atoms with Crippen molar-refractivity contribution in [3.05, 3.63) is 48.0 Å². The lowest BCUT2D eigenvalue weighted by molar-refractivity contribution is 0.523. The quantitative estimate of drug-likeness (QED) is 0.831. The van der Waals surface area contributed by atoms with Crippen LogP contribution in [0, 0.1) is 5.82 Å². The lowest BCUT2D eigenvalue weighted by Crippen LogP contribution is -2.25. The lowest BCUT2D eigenvalue weighted by atomic mass is 10.2. The summed E-state index contributed by atoms with van der Waals surface area (Å²) in [6.45, 7) is 4.19. The number of aromatic nitrogens is 2. The first kappa shape index (κ1) is 15.1. The van der Waals surface area contributed by atoms with E-state index >= 15 is 0 Å². The van der Waals surface area contributed by atoms with Gasteiger partial charge < -0.3 is 5.73 Å². The lowest BCUT2D eigenvalue weighted by Gasteiger charge is -2.10. The van der Waals surface area contributed by atoms with Crippen LogP contribution in [0.5, 0.6) is 0 Å². The molecular weight excluding hydrogens is 273 g/mol. The van der Waals surface area contributed by atoms with E-state index in [9.17, 15) is 4.39 Å². The third-order valence-electron chi connectivity index (χ3n) is 2.92. The zero-order chi connectivity index (χ0) is 14.5. The Hall–Kier alpha value is -1.33. The van der Waals surface area contributed by atoms with E-state index in [1.807, 2.05) is 23.0 Å². The van der Waals surface area contributed by atoms with Crippen molar-refractivity contribution >= 4 is 11.8 Å². The predicted molar refractivity (Wildman–Crippen MR) is 81.4 cm³/mol. The van der Waals surface area contributed by atoms with E-state index in [1.54, 1.807) is 17.8 Å². The number of rotatable bonds is 6. The smallest absolute Gasteiger partial charge is 0.124 e. The molecule has 0 spiro atoms. The monoisotopic (exact) mass is 293 g/mol. The van der Waals surface area contributed by atoms with Crippen molar-refractivity contribution in [3.63, 3.8) is 0 Å². The summed E-state index contributed by atoms with van der Waals surface area (Å²) in [4.78, 5) is 0.910. The summed E-state index contributed by atoms with van der Waals surface area (Å²) >= 11 is 1.58. The summed E-state index contributed by atoms with van der Waals surface area (Å²) in [7, 11) is 0. The van der Waals surface area contributed by atoms with Crippen molar-refractivity contribution in [2.75, 3.05) is 5.75 Å². The molecule has 0 bridgehead atoms. The molecule has 2 aromatic rings. The van der Waals surface area contributed by atoms with E-state index < -0.39 is 0 Å². The van der Waals surface area contributed by atoms with Gasteiger partial charge in [0.25, 0.3) is 0 Å². The fourth-order valence-electron chi connectivity index (χ4n) is 1.86. The molecule has 108 valence electrons. The molecule has 0 amide bonds. The Labute approximate surface area is 123 Å². The number of nitrogens with zero attached hydrogens (tertiary/aromatic N) is 2. The van der Waals surface area contributed by atoms with E-state index in [2.05, 4.69) is 18.9 Å². The van der Waals surface area contributed by atoms with Crippen LogP contribution in [0.15, 0.2) is 41.4 Å².